The molecule has 0 heterocycles. The minimum atomic E-state index is -6.05. The van der Waals surface area contributed by atoms with Gasteiger partial charge >= 0.3 is 15.6 Å². The zero-order valence-electron chi connectivity index (χ0n) is 13.0. The molecule has 0 aliphatic carbocycles. The maximum Gasteiger partial charge on any atom is 0.523 e. The van der Waals surface area contributed by atoms with Crippen molar-refractivity contribution in [2.45, 2.75) is 11.6 Å². The van der Waals surface area contributed by atoms with Crippen molar-refractivity contribution in [3.8, 4) is 0 Å². The van der Waals surface area contributed by atoms with Crippen LogP contribution in [0.5, 0.6) is 0 Å². The molecule has 0 amide bonds. The summed E-state index contributed by atoms with van der Waals surface area (Å²) in [4.78, 5) is 12.0. The Morgan fingerprint density at radius 3 is 1.77 bits per heavy atom. The summed E-state index contributed by atoms with van der Waals surface area (Å²) in [5, 5.41) is 0. The first-order chi connectivity index (χ1) is 12.0. The van der Waals surface area contributed by atoms with Crippen LogP contribution >= 0.6 is 7.60 Å². The first-order valence-electron chi connectivity index (χ1n) is 7.06. The number of hydrogen-bond donors (Lipinski definition) is 0. The van der Waals surface area contributed by atoms with Gasteiger partial charge in [0, 0.05) is 0 Å². The van der Waals surface area contributed by atoms with Crippen LogP contribution < -0.4 is 4.89 Å². The fourth-order valence-corrected chi connectivity index (χ4v) is 3.79. The predicted molar refractivity (Wildman–Crippen MR) is 84.3 cm³/mol. The Hall–Kier alpha value is -1.71. The second-order valence-electron chi connectivity index (χ2n) is 5.06. The van der Waals surface area contributed by atoms with Crippen molar-refractivity contribution >= 4 is 17.7 Å². The molecule has 26 heavy (non-hydrogen) atoms. The molecule has 0 N–H and O–H groups in total. The summed E-state index contributed by atoms with van der Waals surface area (Å²) in [6.45, 7) is 0. The topological polar surface area (TPSA) is 92.7 Å². The van der Waals surface area contributed by atoms with Crippen molar-refractivity contribution in [3.05, 3.63) is 71.8 Å². The minimum Gasteiger partial charge on any atom is -0.777 e. The molecular formula is C15H13F3O6PS-. The predicted octanol–water partition coefficient (Wildman–Crippen LogP) is 3.17. The van der Waals surface area contributed by atoms with E-state index in [1.807, 2.05) is 0 Å². The molecule has 1 atom stereocenters. The van der Waals surface area contributed by atoms with E-state index >= 15 is 0 Å². The number of alkyl halides is 3. The normalized spacial score (nSPS) is 15.0. The molecule has 0 saturated carbocycles. The van der Waals surface area contributed by atoms with E-state index in [1.54, 1.807) is 60.7 Å². The monoisotopic (exact) mass is 409 g/mol. The lowest BCUT2D eigenvalue weighted by atomic mass is 10.0. The van der Waals surface area contributed by atoms with Gasteiger partial charge in [-0.3, -0.25) is 4.18 Å². The summed E-state index contributed by atoms with van der Waals surface area (Å²) in [5.41, 5.74) is -4.91. The van der Waals surface area contributed by atoms with Crippen LogP contribution in [-0.4, -0.2) is 20.3 Å². The Kier molecular flexibility index (Phi) is 6.25. The number of benzene rings is 2. The highest BCUT2D eigenvalue weighted by Gasteiger charge is 2.47. The second-order valence-corrected chi connectivity index (χ2v) is 8.36. The largest absolute Gasteiger partial charge is 0.777 e. The average molecular weight is 409 g/mol. The highest BCUT2D eigenvalue weighted by molar-refractivity contribution is 7.87. The third-order valence-electron chi connectivity index (χ3n) is 3.12. The van der Waals surface area contributed by atoms with Crippen LogP contribution in [-0.2, 0) is 23.4 Å². The zero-order valence-corrected chi connectivity index (χ0v) is 14.7. The zero-order chi connectivity index (χ0) is 19.4. The maximum absolute atomic E-state index is 12.3. The first kappa shape index (κ1) is 20.6. The Morgan fingerprint density at radius 2 is 1.38 bits per heavy atom. The van der Waals surface area contributed by atoms with Gasteiger partial charge < -0.3 is 14.0 Å². The summed E-state index contributed by atoms with van der Waals surface area (Å²) in [6.07, 6.45) is -2.94. The van der Waals surface area contributed by atoms with Crippen LogP contribution in [0.4, 0.5) is 13.2 Å². The quantitative estimate of drug-likeness (QED) is 0.396. The summed E-state index contributed by atoms with van der Waals surface area (Å²) in [7, 11) is -11.1. The van der Waals surface area contributed by atoms with E-state index in [0.29, 0.717) is 11.1 Å². The van der Waals surface area contributed by atoms with E-state index in [1.165, 1.54) is 0 Å². The molecule has 0 saturated heterocycles. The van der Waals surface area contributed by atoms with E-state index in [0.717, 1.165) is 0 Å². The van der Waals surface area contributed by atoms with Gasteiger partial charge in [0.2, 0.25) is 0 Å². The average Bonchev–Trinajstić information content (AvgIpc) is 2.59. The second kappa shape index (κ2) is 7.89. The Morgan fingerprint density at radius 1 is 0.962 bits per heavy atom. The molecule has 6 nitrogen and oxygen atoms in total. The fourth-order valence-electron chi connectivity index (χ4n) is 1.96. The molecule has 0 aliphatic heterocycles. The molecule has 0 aliphatic rings. The van der Waals surface area contributed by atoms with E-state index in [2.05, 4.69) is 4.18 Å². The van der Waals surface area contributed by atoms with Crippen molar-refractivity contribution < 1.29 is 39.8 Å². The van der Waals surface area contributed by atoms with Gasteiger partial charge in [-0.2, -0.15) is 21.6 Å². The fraction of sp³-hybridized carbons (Fsp3) is 0.200. The van der Waals surface area contributed by atoms with Gasteiger partial charge in [-0.15, -0.1) is 0 Å². The molecule has 2 aromatic carbocycles. The summed E-state index contributed by atoms with van der Waals surface area (Å²) >= 11 is 0. The van der Waals surface area contributed by atoms with Gasteiger partial charge in [0.1, 0.15) is 12.5 Å². The lowest BCUT2D eigenvalue weighted by molar-refractivity contribution is -0.204. The van der Waals surface area contributed by atoms with Crippen LogP contribution in [0.3, 0.4) is 0 Å². The Bertz CT molecular complexity index is 832. The Labute approximate surface area is 147 Å². The first-order valence-corrected chi connectivity index (χ1v) is 10.2. The molecule has 1 unspecified atom stereocenters. The van der Waals surface area contributed by atoms with E-state index in [-0.39, 0.29) is 0 Å². The SMILES string of the molecule is O=P([O-])(COS(=O)(=O)C(F)(F)F)OC(c1ccccc1)c1ccccc1. The minimum absolute atomic E-state index is 0.411. The lowest BCUT2D eigenvalue weighted by Gasteiger charge is -2.29. The molecule has 0 spiro atoms. The van der Waals surface area contributed by atoms with E-state index in [9.17, 15) is 31.0 Å². The third-order valence-corrected chi connectivity index (χ3v) is 5.27. The van der Waals surface area contributed by atoms with E-state index in [4.69, 9.17) is 4.52 Å². The highest BCUT2D eigenvalue weighted by atomic mass is 32.2. The molecule has 2 aromatic rings. The number of hydrogen-bond acceptors (Lipinski definition) is 6. The van der Waals surface area contributed by atoms with Gasteiger partial charge in [-0.05, 0) is 11.1 Å². The Balaban J connectivity index is 2.24. The van der Waals surface area contributed by atoms with Gasteiger partial charge in [0.15, 0.2) is 7.60 Å². The molecule has 0 bridgehead atoms. The molecule has 0 fully saturated rings. The number of halogens is 3. The third kappa shape index (κ3) is 5.39. The standard InChI is InChI=1S/C15H14F3O6PS/c16-15(17,18)26(21,22)23-11-25(19,20)24-14(12-7-3-1-4-8-12)13-9-5-2-6-10-13/h1-10,14H,11H2,(H,19,20)/p-1. The van der Waals surface area contributed by atoms with Crippen molar-refractivity contribution in [1.82, 2.24) is 0 Å². The van der Waals surface area contributed by atoms with Crippen LogP contribution in [0, 0.1) is 0 Å². The van der Waals surface area contributed by atoms with Gasteiger partial charge in [-0.25, -0.2) is 0 Å². The van der Waals surface area contributed by atoms with Crippen molar-refractivity contribution in [3.63, 3.8) is 0 Å². The highest BCUT2D eigenvalue weighted by Crippen LogP contribution is 2.46. The summed E-state index contributed by atoms with van der Waals surface area (Å²) < 4.78 is 79.0. The summed E-state index contributed by atoms with van der Waals surface area (Å²) in [5.74, 6) is 0. The molecule has 142 valence electrons. The van der Waals surface area contributed by atoms with Crippen LogP contribution in [0.25, 0.3) is 0 Å². The van der Waals surface area contributed by atoms with Crippen molar-refractivity contribution in [1.29, 1.82) is 0 Å². The van der Waals surface area contributed by atoms with Crippen LogP contribution in [0.1, 0.15) is 17.2 Å². The van der Waals surface area contributed by atoms with Crippen molar-refractivity contribution in [2.75, 3.05) is 6.35 Å². The molecule has 0 aromatic heterocycles. The lowest BCUT2D eigenvalue weighted by Crippen LogP contribution is -2.27. The summed E-state index contributed by atoms with van der Waals surface area (Å²) in [6, 6.07) is 16.1. The van der Waals surface area contributed by atoms with Gasteiger partial charge in [0.25, 0.3) is 0 Å². The van der Waals surface area contributed by atoms with E-state index < -0.39 is 35.7 Å². The van der Waals surface area contributed by atoms with Crippen LogP contribution in [0.15, 0.2) is 60.7 Å². The molecular weight excluding hydrogens is 396 g/mol. The molecule has 0 radical (unpaired) electrons. The van der Waals surface area contributed by atoms with Crippen molar-refractivity contribution in [2.24, 2.45) is 0 Å². The number of rotatable bonds is 7. The van der Waals surface area contributed by atoms with Crippen LogP contribution in [0.2, 0.25) is 0 Å². The van der Waals surface area contributed by atoms with Gasteiger partial charge in [0.05, 0.1) is 0 Å². The molecule has 11 heteroatoms. The molecule has 2 rings (SSSR count). The van der Waals surface area contributed by atoms with Gasteiger partial charge in [-0.1, -0.05) is 60.7 Å². The smallest absolute Gasteiger partial charge is 0.523 e. The maximum atomic E-state index is 12.3.